The van der Waals surface area contributed by atoms with Crippen molar-refractivity contribution in [1.29, 1.82) is 0 Å². The molecular formula is C21H36IN5O. The van der Waals surface area contributed by atoms with E-state index >= 15 is 0 Å². The first-order valence-electron chi connectivity index (χ1n) is 10.3. The van der Waals surface area contributed by atoms with Gasteiger partial charge in [0.2, 0.25) is 5.91 Å². The van der Waals surface area contributed by atoms with Crippen molar-refractivity contribution < 1.29 is 4.79 Å². The van der Waals surface area contributed by atoms with Crippen molar-refractivity contribution in [3.8, 4) is 0 Å². The topological polar surface area (TPSA) is 68.8 Å². The number of halogens is 1. The highest BCUT2D eigenvalue weighted by Gasteiger charge is 2.08. The second kappa shape index (κ2) is 15.6. The van der Waals surface area contributed by atoms with E-state index in [9.17, 15) is 4.79 Å². The van der Waals surface area contributed by atoms with Gasteiger partial charge in [0.1, 0.15) is 6.54 Å². The van der Waals surface area contributed by atoms with E-state index in [4.69, 9.17) is 0 Å². The molecule has 0 unspecified atom stereocenters. The minimum atomic E-state index is -0.0689. The lowest BCUT2D eigenvalue weighted by Gasteiger charge is -2.20. The molecule has 0 aliphatic carbocycles. The van der Waals surface area contributed by atoms with Gasteiger partial charge in [-0.1, -0.05) is 43.2 Å². The molecule has 6 nitrogen and oxygen atoms in total. The van der Waals surface area contributed by atoms with Crippen molar-refractivity contribution >= 4 is 35.8 Å². The van der Waals surface area contributed by atoms with E-state index in [1.54, 1.807) is 0 Å². The van der Waals surface area contributed by atoms with E-state index in [1.165, 1.54) is 38.8 Å². The molecule has 7 heteroatoms. The number of nitrogens with zero attached hydrogens (tertiary/aromatic N) is 2. The van der Waals surface area contributed by atoms with Crippen molar-refractivity contribution in [3.63, 3.8) is 0 Å². The van der Waals surface area contributed by atoms with Crippen LogP contribution in [0.1, 0.15) is 44.6 Å². The highest BCUT2D eigenvalue weighted by Crippen LogP contribution is 2.09. The van der Waals surface area contributed by atoms with Crippen LogP contribution in [0.3, 0.4) is 0 Å². The molecule has 0 saturated carbocycles. The Labute approximate surface area is 187 Å². The summed E-state index contributed by atoms with van der Waals surface area (Å²) < 4.78 is 0. The molecule has 1 aliphatic rings. The average molecular weight is 501 g/mol. The first-order chi connectivity index (χ1) is 13.3. The Morgan fingerprint density at radius 1 is 1.04 bits per heavy atom. The van der Waals surface area contributed by atoms with E-state index in [2.05, 4.69) is 25.8 Å². The van der Waals surface area contributed by atoms with Crippen molar-refractivity contribution in [2.24, 2.45) is 4.99 Å². The molecule has 158 valence electrons. The molecule has 2 rings (SSSR count). The third kappa shape index (κ3) is 10.8. The zero-order valence-electron chi connectivity index (χ0n) is 17.1. The highest BCUT2D eigenvalue weighted by molar-refractivity contribution is 14.0. The Morgan fingerprint density at radius 2 is 1.75 bits per heavy atom. The lowest BCUT2D eigenvalue weighted by Crippen LogP contribution is -2.39. The molecule has 0 atom stereocenters. The third-order valence-corrected chi connectivity index (χ3v) is 4.70. The van der Waals surface area contributed by atoms with Crippen LogP contribution in [0.25, 0.3) is 0 Å². The first-order valence-corrected chi connectivity index (χ1v) is 10.3. The fourth-order valence-corrected chi connectivity index (χ4v) is 3.21. The molecule has 1 aromatic carbocycles. The smallest absolute Gasteiger partial charge is 0.242 e. The Kier molecular flexibility index (Phi) is 13.7. The lowest BCUT2D eigenvalue weighted by molar-refractivity contribution is -0.119. The zero-order valence-corrected chi connectivity index (χ0v) is 19.4. The second-order valence-corrected chi connectivity index (χ2v) is 6.99. The summed E-state index contributed by atoms with van der Waals surface area (Å²) in [6.07, 6.45) is 6.49. The molecule has 1 saturated heterocycles. The summed E-state index contributed by atoms with van der Waals surface area (Å²) in [7, 11) is 0. The standard InChI is InChI=1S/C21H35N5O.HI/c1-2-22-21(23-13-10-16-26-14-8-3-4-9-15-26)25-18-20(27)24-17-19-11-6-5-7-12-19;/h5-7,11-12H,2-4,8-10,13-18H2,1H3,(H,24,27)(H2,22,23,25);1H. The number of benzene rings is 1. The van der Waals surface area contributed by atoms with Gasteiger partial charge in [0.15, 0.2) is 5.96 Å². The molecular weight excluding hydrogens is 465 g/mol. The normalized spacial score (nSPS) is 15.2. The maximum Gasteiger partial charge on any atom is 0.242 e. The van der Waals surface area contributed by atoms with E-state index < -0.39 is 0 Å². The van der Waals surface area contributed by atoms with Crippen LogP contribution in [0.2, 0.25) is 0 Å². The van der Waals surface area contributed by atoms with Crippen molar-refractivity contribution in [3.05, 3.63) is 35.9 Å². The molecule has 3 N–H and O–H groups in total. The number of hydrogen-bond acceptors (Lipinski definition) is 3. The van der Waals surface area contributed by atoms with Crippen molar-refractivity contribution in [1.82, 2.24) is 20.9 Å². The summed E-state index contributed by atoms with van der Waals surface area (Å²) in [5.74, 6) is 0.642. The van der Waals surface area contributed by atoms with Gasteiger partial charge in [-0.3, -0.25) is 4.79 Å². The number of hydrogen-bond donors (Lipinski definition) is 3. The van der Waals surface area contributed by atoms with Gasteiger partial charge >= 0.3 is 0 Å². The number of nitrogens with one attached hydrogen (secondary N) is 3. The Bertz CT molecular complexity index is 559. The minimum absolute atomic E-state index is 0. The largest absolute Gasteiger partial charge is 0.357 e. The molecule has 1 aliphatic heterocycles. The highest BCUT2D eigenvalue weighted by atomic mass is 127. The van der Waals surface area contributed by atoms with Crippen molar-refractivity contribution in [2.45, 2.75) is 45.6 Å². The molecule has 28 heavy (non-hydrogen) atoms. The quantitative estimate of drug-likeness (QED) is 0.211. The number of aliphatic imine (C=N–C) groups is 1. The number of rotatable bonds is 9. The van der Waals surface area contributed by atoms with Crippen LogP contribution in [-0.4, -0.2) is 56.0 Å². The fourth-order valence-electron chi connectivity index (χ4n) is 3.21. The van der Waals surface area contributed by atoms with Gasteiger partial charge < -0.3 is 20.9 Å². The maximum atomic E-state index is 12.0. The number of likely N-dealkylation sites (tertiary alicyclic amines) is 1. The van der Waals surface area contributed by atoms with Gasteiger partial charge in [-0.15, -0.1) is 24.0 Å². The van der Waals surface area contributed by atoms with Gasteiger partial charge in [0.05, 0.1) is 0 Å². The Balaban J connectivity index is 0.00000392. The first kappa shape index (κ1) is 24.7. The van der Waals surface area contributed by atoms with Crippen LogP contribution >= 0.6 is 24.0 Å². The summed E-state index contributed by atoms with van der Waals surface area (Å²) >= 11 is 0. The van der Waals surface area contributed by atoms with E-state index in [0.29, 0.717) is 12.5 Å². The summed E-state index contributed by atoms with van der Waals surface area (Å²) in [5.41, 5.74) is 1.09. The molecule has 1 heterocycles. The lowest BCUT2D eigenvalue weighted by atomic mass is 10.2. The van der Waals surface area contributed by atoms with Gasteiger partial charge in [0.25, 0.3) is 0 Å². The van der Waals surface area contributed by atoms with E-state index in [-0.39, 0.29) is 36.4 Å². The van der Waals surface area contributed by atoms with E-state index in [1.807, 2.05) is 37.3 Å². The van der Waals surface area contributed by atoms with Gasteiger partial charge in [-0.05, 0) is 51.4 Å². The van der Waals surface area contributed by atoms with Crippen LogP contribution in [-0.2, 0) is 11.3 Å². The third-order valence-electron chi connectivity index (χ3n) is 4.70. The number of amides is 1. The predicted octanol–water partition coefficient (Wildman–Crippen LogP) is 2.74. The molecule has 1 fully saturated rings. The van der Waals surface area contributed by atoms with Crippen LogP contribution in [0.15, 0.2) is 35.3 Å². The van der Waals surface area contributed by atoms with E-state index in [0.717, 1.165) is 31.6 Å². The van der Waals surface area contributed by atoms with Gasteiger partial charge in [-0.25, -0.2) is 4.99 Å². The second-order valence-electron chi connectivity index (χ2n) is 6.99. The molecule has 1 amide bonds. The Hall–Kier alpha value is -1.35. The van der Waals surface area contributed by atoms with Crippen LogP contribution in [0.4, 0.5) is 0 Å². The average Bonchev–Trinajstić information content (AvgIpc) is 2.97. The molecule has 0 radical (unpaired) electrons. The van der Waals surface area contributed by atoms with Crippen LogP contribution in [0, 0.1) is 0 Å². The molecule has 0 spiro atoms. The van der Waals surface area contributed by atoms with Crippen LogP contribution in [0.5, 0.6) is 0 Å². The predicted molar refractivity (Wildman–Crippen MR) is 127 cm³/mol. The van der Waals surface area contributed by atoms with Gasteiger partial charge in [0, 0.05) is 19.6 Å². The summed E-state index contributed by atoms with van der Waals surface area (Å²) in [4.78, 5) is 19.0. The Morgan fingerprint density at radius 3 is 2.43 bits per heavy atom. The van der Waals surface area contributed by atoms with Crippen molar-refractivity contribution in [2.75, 3.05) is 39.3 Å². The van der Waals surface area contributed by atoms with Crippen LogP contribution < -0.4 is 16.0 Å². The number of carbonyl (C=O) groups excluding carboxylic acids is 1. The molecule has 0 aromatic heterocycles. The number of guanidine groups is 1. The minimum Gasteiger partial charge on any atom is -0.357 e. The summed E-state index contributed by atoms with van der Waals surface area (Å²) in [6, 6.07) is 9.91. The number of carbonyl (C=O) groups is 1. The molecule has 0 bridgehead atoms. The fraction of sp³-hybridized carbons (Fsp3) is 0.619. The summed E-state index contributed by atoms with van der Waals surface area (Å²) in [6.45, 7) is 7.94. The molecule has 1 aromatic rings. The zero-order chi connectivity index (χ0) is 19.2. The maximum absolute atomic E-state index is 12.0. The van der Waals surface area contributed by atoms with Gasteiger partial charge in [-0.2, -0.15) is 0 Å². The SMILES string of the molecule is CCNC(=NCC(=O)NCc1ccccc1)NCCCN1CCCCCC1.I. The summed E-state index contributed by atoms with van der Waals surface area (Å²) in [5, 5.41) is 9.45. The monoisotopic (exact) mass is 501 g/mol.